The average Bonchev–Trinajstić information content (AvgIpc) is 2.28. The molecule has 0 radical (unpaired) electrons. The summed E-state index contributed by atoms with van der Waals surface area (Å²) in [4.78, 5) is 21.4. The maximum atomic E-state index is 11.7. The molecule has 1 aromatic rings. The fourth-order valence-electron chi connectivity index (χ4n) is 2.25. The zero-order chi connectivity index (χ0) is 13.0. The lowest BCUT2D eigenvalue weighted by Crippen LogP contribution is -2.62. The van der Waals surface area contributed by atoms with Gasteiger partial charge in [0.1, 0.15) is 0 Å². The predicted octanol–water partition coefficient (Wildman–Crippen LogP) is 0.262. The third-order valence-corrected chi connectivity index (χ3v) is 2.94. The summed E-state index contributed by atoms with van der Waals surface area (Å²) in [6.07, 6.45) is 4.89. The lowest BCUT2D eigenvalue weighted by molar-refractivity contribution is -0.129. The van der Waals surface area contributed by atoms with Crippen molar-refractivity contribution >= 4 is 11.9 Å². The summed E-state index contributed by atoms with van der Waals surface area (Å²) in [6, 6.07) is 1.69. The fourth-order valence-corrected chi connectivity index (χ4v) is 2.25. The van der Waals surface area contributed by atoms with Crippen molar-refractivity contribution < 1.29 is 9.90 Å². The molecule has 6 nitrogen and oxygen atoms in total. The van der Waals surface area contributed by atoms with Gasteiger partial charge in [0, 0.05) is 25.5 Å². The first-order chi connectivity index (χ1) is 8.61. The van der Waals surface area contributed by atoms with Gasteiger partial charge in [-0.1, -0.05) is 13.3 Å². The third kappa shape index (κ3) is 3.24. The van der Waals surface area contributed by atoms with Crippen molar-refractivity contribution in [1.82, 2.24) is 14.9 Å². The molecule has 1 fully saturated rings. The summed E-state index contributed by atoms with van der Waals surface area (Å²) < 4.78 is 0. The number of carbonyl (C=O) groups excluding carboxylic acids is 1. The monoisotopic (exact) mass is 250 g/mol. The van der Waals surface area contributed by atoms with E-state index in [9.17, 15) is 9.90 Å². The van der Waals surface area contributed by atoms with Crippen molar-refractivity contribution in [2.75, 3.05) is 25.0 Å². The van der Waals surface area contributed by atoms with Crippen molar-refractivity contribution in [3.8, 4) is 0 Å². The second-order valence-electron chi connectivity index (χ2n) is 4.74. The zero-order valence-electron chi connectivity index (χ0n) is 10.5. The molecule has 2 N–H and O–H groups in total. The molecule has 1 aromatic heterocycles. The van der Waals surface area contributed by atoms with Crippen LogP contribution in [0.2, 0.25) is 0 Å². The highest BCUT2D eigenvalue weighted by Gasteiger charge is 2.40. The number of amides is 1. The van der Waals surface area contributed by atoms with Crippen LogP contribution in [-0.2, 0) is 4.79 Å². The van der Waals surface area contributed by atoms with Crippen molar-refractivity contribution in [1.29, 1.82) is 0 Å². The Hall–Kier alpha value is -1.53. The minimum absolute atomic E-state index is 0.153. The van der Waals surface area contributed by atoms with E-state index in [2.05, 4.69) is 15.3 Å². The number of likely N-dealkylation sites (tertiary alicyclic amines) is 1. The van der Waals surface area contributed by atoms with E-state index in [1.807, 2.05) is 11.8 Å². The van der Waals surface area contributed by atoms with Crippen LogP contribution in [0.15, 0.2) is 18.5 Å². The van der Waals surface area contributed by atoms with E-state index in [1.165, 1.54) is 0 Å². The first-order valence-electron chi connectivity index (χ1n) is 6.13. The van der Waals surface area contributed by atoms with Crippen LogP contribution in [0.5, 0.6) is 0 Å². The maximum absolute atomic E-state index is 11.7. The molecule has 18 heavy (non-hydrogen) atoms. The Labute approximate surface area is 106 Å². The Bertz CT molecular complexity index is 404. The molecule has 0 aromatic carbocycles. The van der Waals surface area contributed by atoms with E-state index < -0.39 is 5.60 Å². The molecule has 1 aliphatic heterocycles. The molecule has 0 saturated carbocycles. The number of carbonyl (C=O) groups is 1. The number of β-amino-alcohol motifs (C(OH)–C–C–N with tert-alkyl or cyclic N) is 1. The Morgan fingerprint density at radius 1 is 1.50 bits per heavy atom. The molecular weight excluding hydrogens is 232 g/mol. The Kier molecular flexibility index (Phi) is 3.88. The molecular formula is C12H18N4O2. The summed E-state index contributed by atoms with van der Waals surface area (Å²) in [5.74, 6) is 0.159. The van der Waals surface area contributed by atoms with Gasteiger partial charge in [-0.05, 0) is 12.5 Å². The number of aliphatic hydroxyl groups is 1. The SMILES string of the molecule is CCCC1(O)CN(CC(=O)Nc2ncccn2)C1. The minimum atomic E-state index is -0.599. The number of hydrogen-bond acceptors (Lipinski definition) is 5. The molecule has 2 rings (SSSR count). The van der Waals surface area contributed by atoms with E-state index in [0.717, 1.165) is 12.8 Å². The largest absolute Gasteiger partial charge is 0.387 e. The number of hydrogen-bond donors (Lipinski definition) is 2. The highest BCUT2D eigenvalue weighted by molar-refractivity contribution is 5.90. The fraction of sp³-hybridized carbons (Fsp3) is 0.583. The Balaban J connectivity index is 1.74. The van der Waals surface area contributed by atoms with Gasteiger partial charge >= 0.3 is 0 Å². The second-order valence-corrected chi connectivity index (χ2v) is 4.74. The lowest BCUT2D eigenvalue weighted by Gasteiger charge is -2.46. The van der Waals surface area contributed by atoms with E-state index in [0.29, 0.717) is 19.0 Å². The quantitative estimate of drug-likeness (QED) is 0.784. The number of aromatic nitrogens is 2. The molecule has 2 heterocycles. The van der Waals surface area contributed by atoms with Crippen LogP contribution in [0.1, 0.15) is 19.8 Å². The Morgan fingerprint density at radius 3 is 2.78 bits per heavy atom. The zero-order valence-corrected chi connectivity index (χ0v) is 10.5. The molecule has 0 spiro atoms. The summed E-state index contributed by atoms with van der Waals surface area (Å²) in [5.41, 5.74) is -0.599. The molecule has 98 valence electrons. The minimum Gasteiger partial charge on any atom is -0.387 e. The standard InChI is InChI=1S/C12H18N4O2/c1-2-4-12(18)8-16(9-12)7-10(17)15-11-13-5-3-6-14-11/h3,5-6,18H,2,4,7-9H2,1H3,(H,13,14,15,17). The van der Waals surface area contributed by atoms with Crippen molar-refractivity contribution in [2.45, 2.75) is 25.4 Å². The Morgan fingerprint density at radius 2 is 2.17 bits per heavy atom. The molecule has 6 heteroatoms. The predicted molar refractivity (Wildman–Crippen MR) is 67.0 cm³/mol. The first kappa shape index (κ1) is 12.9. The van der Waals surface area contributed by atoms with Gasteiger partial charge in [0.2, 0.25) is 11.9 Å². The normalized spacial score (nSPS) is 18.1. The van der Waals surface area contributed by atoms with Gasteiger partial charge in [0.05, 0.1) is 12.1 Å². The van der Waals surface area contributed by atoms with Gasteiger partial charge in [-0.15, -0.1) is 0 Å². The molecule has 1 saturated heterocycles. The third-order valence-electron chi connectivity index (χ3n) is 2.94. The van der Waals surface area contributed by atoms with Crippen LogP contribution in [0.25, 0.3) is 0 Å². The molecule has 0 aliphatic carbocycles. The number of nitrogens with zero attached hydrogens (tertiary/aromatic N) is 3. The summed E-state index contributed by atoms with van der Waals surface area (Å²) >= 11 is 0. The smallest absolute Gasteiger partial charge is 0.240 e. The van der Waals surface area contributed by atoms with E-state index >= 15 is 0 Å². The highest BCUT2D eigenvalue weighted by Crippen LogP contribution is 2.25. The van der Waals surface area contributed by atoms with E-state index in [4.69, 9.17) is 0 Å². The first-order valence-corrected chi connectivity index (χ1v) is 6.13. The van der Waals surface area contributed by atoms with Gasteiger partial charge in [-0.3, -0.25) is 15.0 Å². The van der Waals surface area contributed by atoms with Crippen LogP contribution in [-0.4, -0.2) is 51.1 Å². The number of nitrogens with one attached hydrogen (secondary N) is 1. The van der Waals surface area contributed by atoms with Crippen LogP contribution in [0.3, 0.4) is 0 Å². The van der Waals surface area contributed by atoms with Crippen LogP contribution in [0, 0.1) is 0 Å². The molecule has 1 aliphatic rings. The highest BCUT2D eigenvalue weighted by atomic mass is 16.3. The van der Waals surface area contributed by atoms with Crippen LogP contribution < -0.4 is 5.32 Å². The van der Waals surface area contributed by atoms with Gasteiger partial charge < -0.3 is 5.11 Å². The summed E-state index contributed by atoms with van der Waals surface area (Å²) in [5, 5.41) is 12.6. The van der Waals surface area contributed by atoms with E-state index in [-0.39, 0.29) is 12.5 Å². The average molecular weight is 250 g/mol. The van der Waals surface area contributed by atoms with Crippen molar-refractivity contribution in [3.05, 3.63) is 18.5 Å². The lowest BCUT2D eigenvalue weighted by atomic mass is 9.89. The topological polar surface area (TPSA) is 78.4 Å². The van der Waals surface area contributed by atoms with Crippen LogP contribution in [0.4, 0.5) is 5.95 Å². The van der Waals surface area contributed by atoms with Crippen LogP contribution >= 0.6 is 0 Å². The van der Waals surface area contributed by atoms with Gasteiger partial charge in [-0.25, -0.2) is 9.97 Å². The summed E-state index contributed by atoms with van der Waals surface area (Å²) in [7, 11) is 0. The van der Waals surface area contributed by atoms with Gasteiger partial charge in [0.15, 0.2) is 0 Å². The molecule has 0 atom stereocenters. The number of anilines is 1. The maximum Gasteiger partial charge on any atom is 0.240 e. The van der Waals surface area contributed by atoms with Crippen molar-refractivity contribution in [3.63, 3.8) is 0 Å². The van der Waals surface area contributed by atoms with E-state index in [1.54, 1.807) is 18.5 Å². The molecule has 0 unspecified atom stereocenters. The van der Waals surface area contributed by atoms with Gasteiger partial charge in [0.25, 0.3) is 0 Å². The molecule has 1 amide bonds. The van der Waals surface area contributed by atoms with Crippen molar-refractivity contribution in [2.24, 2.45) is 0 Å². The second kappa shape index (κ2) is 5.41. The van der Waals surface area contributed by atoms with Gasteiger partial charge in [-0.2, -0.15) is 0 Å². The summed E-state index contributed by atoms with van der Waals surface area (Å²) in [6.45, 7) is 3.43. The molecule has 0 bridgehead atoms. The number of rotatable bonds is 5.